The molecule has 0 aromatic heterocycles. The van der Waals surface area contributed by atoms with E-state index in [0.717, 1.165) is 25.7 Å². The zero-order chi connectivity index (χ0) is 20.3. The van der Waals surface area contributed by atoms with Crippen LogP contribution in [0, 0.1) is 0 Å². The number of carbonyl (C=O) groups is 1. The third-order valence-electron chi connectivity index (χ3n) is 4.94. The van der Waals surface area contributed by atoms with Crippen LogP contribution < -0.4 is 5.32 Å². The van der Waals surface area contributed by atoms with E-state index in [1.54, 1.807) is 28.6 Å². The lowest BCUT2D eigenvalue weighted by molar-refractivity contribution is 0.102. The summed E-state index contributed by atoms with van der Waals surface area (Å²) < 4.78 is 27.6. The molecule has 1 aliphatic rings. The summed E-state index contributed by atoms with van der Waals surface area (Å²) in [5, 5.41) is 3.40. The largest absolute Gasteiger partial charge is 0.322 e. The zero-order valence-electron chi connectivity index (χ0n) is 15.5. The maximum Gasteiger partial charge on any atom is 0.255 e. The van der Waals surface area contributed by atoms with E-state index in [2.05, 4.69) is 5.32 Å². The Balaban J connectivity index is 1.75. The minimum atomic E-state index is -3.54. The molecule has 0 bridgehead atoms. The van der Waals surface area contributed by atoms with Crippen LogP contribution >= 0.6 is 23.2 Å². The first-order valence-electron chi connectivity index (χ1n) is 9.21. The van der Waals surface area contributed by atoms with Crippen molar-refractivity contribution in [1.82, 2.24) is 4.31 Å². The molecule has 1 fully saturated rings. The van der Waals surface area contributed by atoms with E-state index in [9.17, 15) is 13.2 Å². The molecule has 28 heavy (non-hydrogen) atoms. The van der Waals surface area contributed by atoms with Crippen molar-refractivity contribution in [3.63, 3.8) is 0 Å². The normalized spacial score (nSPS) is 18.0. The number of nitrogens with one attached hydrogen (secondary N) is 1. The van der Waals surface area contributed by atoms with Crippen LogP contribution in [0.2, 0.25) is 10.0 Å². The van der Waals surface area contributed by atoms with Gasteiger partial charge < -0.3 is 5.32 Å². The second-order valence-corrected chi connectivity index (χ2v) is 9.49. The lowest BCUT2D eigenvalue weighted by Gasteiger charge is -2.34. The van der Waals surface area contributed by atoms with Gasteiger partial charge in [0.1, 0.15) is 0 Å². The first-order valence-corrected chi connectivity index (χ1v) is 11.4. The highest BCUT2D eigenvalue weighted by atomic mass is 35.5. The maximum absolute atomic E-state index is 13.0. The monoisotopic (exact) mass is 440 g/mol. The number of sulfonamides is 1. The summed E-state index contributed by atoms with van der Waals surface area (Å²) in [5.41, 5.74) is 0.867. The van der Waals surface area contributed by atoms with Gasteiger partial charge in [0.25, 0.3) is 5.91 Å². The number of anilines is 1. The first kappa shape index (κ1) is 21.1. The highest BCUT2D eigenvalue weighted by Crippen LogP contribution is 2.28. The molecule has 0 aliphatic carbocycles. The standard InChI is InChI=1S/C20H22Cl2N2O3S/c1-2-16-5-3-4-12-24(16)28(26,27)17-9-7-15(8-10-17)23-20(25)14-6-11-18(21)19(22)13-14/h6-11,13,16H,2-5,12H2,1H3,(H,23,25). The Bertz CT molecular complexity index is 962. The molecule has 150 valence electrons. The van der Waals surface area contributed by atoms with Gasteiger partial charge in [-0.05, 0) is 61.7 Å². The Labute approximate surface area is 175 Å². The number of rotatable bonds is 5. The molecule has 1 atom stereocenters. The van der Waals surface area contributed by atoms with Gasteiger partial charge in [-0.15, -0.1) is 0 Å². The molecule has 1 amide bonds. The third kappa shape index (κ3) is 4.51. The topological polar surface area (TPSA) is 66.5 Å². The molecule has 1 aliphatic heterocycles. The zero-order valence-corrected chi connectivity index (χ0v) is 17.8. The predicted molar refractivity (Wildman–Crippen MR) is 113 cm³/mol. The van der Waals surface area contributed by atoms with Crippen molar-refractivity contribution in [3.05, 3.63) is 58.1 Å². The van der Waals surface area contributed by atoms with Crippen molar-refractivity contribution >= 4 is 44.8 Å². The summed E-state index contributed by atoms with van der Waals surface area (Å²) in [6, 6.07) is 10.9. The third-order valence-corrected chi connectivity index (χ3v) is 7.65. The number of amides is 1. The number of benzene rings is 2. The van der Waals surface area contributed by atoms with Crippen molar-refractivity contribution in [2.45, 2.75) is 43.5 Å². The molecule has 1 heterocycles. The molecule has 8 heteroatoms. The van der Waals surface area contributed by atoms with E-state index in [1.807, 2.05) is 6.92 Å². The highest BCUT2D eigenvalue weighted by Gasteiger charge is 2.32. The average molecular weight is 441 g/mol. The fourth-order valence-electron chi connectivity index (χ4n) is 3.38. The van der Waals surface area contributed by atoms with Gasteiger partial charge in [-0.1, -0.05) is 36.5 Å². The second kappa shape index (κ2) is 8.82. The molecule has 0 radical (unpaired) electrons. The van der Waals surface area contributed by atoms with Crippen molar-refractivity contribution in [2.24, 2.45) is 0 Å². The van der Waals surface area contributed by atoms with Gasteiger partial charge in [0.05, 0.1) is 14.9 Å². The number of nitrogens with zero attached hydrogens (tertiary/aromatic N) is 1. The van der Waals surface area contributed by atoms with Crippen LogP contribution in [0.15, 0.2) is 47.4 Å². The van der Waals surface area contributed by atoms with Gasteiger partial charge >= 0.3 is 0 Å². The summed E-state index contributed by atoms with van der Waals surface area (Å²) in [7, 11) is -3.54. The molecule has 0 saturated carbocycles. The maximum atomic E-state index is 13.0. The average Bonchev–Trinajstić information content (AvgIpc) is 2.70. The molecule has 0 spiro atoms. The molecule has 1 saturated heterocycles. The SMILES string of the molecule is CCC1CCCCN1S(=O)(=O)c1ccc(NC(=O)c2ccc(Cl)c(Cl)c2)cc1. The van der Waals surface area contributed by atoms with Crippen LogP contribution in [0.5, 0.6) is 0 Å². The lowest BCUT2D eigenvalue weighted by Crippen LogP contribution is -2.43. The summed E-state index contributed by atoms with van der Waals surface area (Å²) in [6.45, 7) is 2.57. The molecular formula is C20H22Cl2N2O3S. The molecular weight excluding hydrogens is 419 g/mol. The highest BCUT2D eigenvalue weighted by molar-refractivity contribution is 7.89. The molecule has 1 N–H and O–H groups in total. The number of hydrogen-bond acceptors (Lipinski definition) is 3. The van der Waals surface area contributed by atoms with Gasteiger partial charge in [0.15, 0.2) is 0 Å². The summed E-state index contributed by atoms with van der Waals surface area (Å²) >= 11 is 11.8. The fraction of sp³-hybridized carbons (Fsp3) is 0.350. The van der Waals surface area contributed by atoms with Crippen LogP contribution in [0.3, 0.4) is 0 Å². The molecule has 3 rings (SSSR count). The van der Waals surface area contributed by atoms with Gasteiger partial charge in [-0.25, -0.2) is 8.42 Å². The Kier molecular flexibility index (Phi) is 6.65. The van der Waals surface area contributed by atoms with Crippen LogP contribution in [0.1, 0.15) is 43.0 Å². The quantitative estimate of drug-likeness (QED) is 0.694. The van der Waals surface area contributed by atoms with Crippen molar-refractivity contribution < 1.29 is 13.2 Å². The lowest BCUT2D eigenvalue weighted by atomic mass is 10.0. The first-order chi connectivity index (χ1) is 13.3. The molecule has 5 nitrogen and oxygen atoms in total. The molecule has 1 unspecified atom stereocenters. The van der Waals surface area contributed by atoms with Crippen LogP contribution in [-0.2, 0) is 10.0 Å². The van der Waals surface area contributed by atoms with Crippen molar-refractivity contribution in [2.75, 3.05) is 11.9 Å². The summed E-state index contributed by atoms with van der Waals surface area (Å²) in [6.07, 6.45) is 3.64. The van der Waals surface area contributed by atoms with Gasteiger partial charge in [-0.3, -0.25) is 4.79 Å². The van der Waals surface area contributed by atoms with E-state index in [-0.39, 0.29) is 16.8 Å². The summed E-state index contributed by atoms with van der Waals surface area (Å²) in [4.78, 5) is 12.6. The van der Waals surface area contributed by atoms with E-state index in [4.69, 9.17) is 23.2 Å². The Morgan fingerprint density at radius 1 is 1.11 bits per heavy atom. The van der Waals surface area contributed by atoms with Gasteiger partial charge in [-0.2, -0.15) is 4.31 Å². The number of hydrogen-bond donors (Lipinski definition) is 1. The predicted octanol–water partition coefficient (Wildman–Crippen LogP) is 5.20. The Morgan fingerprint density at radius 2 is 1.82 bits per heavy atom. The number of carbonyl (C=O) groups excluding carboxylic acids is 1. The van der Waals surface area contributed by atoms with Crippen LogP contribution in [-0.4, -0.2) is 31.2 Å². The molecule has 2 aromatic rings. The molecule has 2 aromatic carbocycles. The summed E-state index contributed by atoms with van der Waals surface area (Å²) in [5.74, 6) is -0.351. The van der Waals surface area contributed by atoms with E-state index in [1.165, 1.54) is 18.2 Å². The second-order valence-electron chi connectivity index (χ2n) is 6.78. The van der Waals surface area contributed by atoms with Gasteiger partial charge in [0.2, 0.25) is 10.0 Å². The number of piperidine rings is 1. The van der Waals surface area contributed by atoms with E-state index >= 15 is 0 Å². The Hall–Kier alpha value is -1.60. The van der Waals surface area contributed by atoms with Crippen molar-refractivity contribution in [3.8, 4) is 0 Å². The van der Waals surface area contributed by atoms with Crippen LogP contribution in [0.25, 0.3) is 0 Å². The van der Waals surface area contributed by atoms with E-state index < -0.39 is 10.0 Å². The smallest absolute Gasteiger partial charge is 0.255 e. The van der Waals surface area contributed by atoms with E-state index in [0.29, 0.717) is 27.8 Å². The number of halogens is 2. The minimum Gasteiger partial charge on any atom is -0.322 e. The van der Waals surface area contributed by atoms with Gasteiger partial charge in [0, 0.05) is 23.8 Å². The van der Waals surface area contributed by atoms with Crippen LogP contribution in [0.4, 0.5) is 5.69 Å². The van der Waals surface area contributed by atoms with Crippen molar-refractivity contribution in [1.29, 1.82) is 0 Å². The minimum absolute atomic E-state index is 0.0489. The Morgan fingerprint density at radius 3 is 2.46 bits per heavy atom. The fourth-order valence-corrected chi connectivity index (χ4v) is 5.45.